The number of nitrogens with two attached hydrogens (primary N) is 1. The van der Waals surface area contributed by atoms with Crippen LogP contribution in [0, 0.1) is 0 Å². The summed E-state index contributed by atoms with van der Waals surface area (Å²) in [6.07, 6.45) is 11.7. The van der Waals surface area contributed by atoms with Gasteiger partial charge in [0.05, 0.1) is 13.6 Å². The topological polar surface area (TPSA) is 38.1 Å². The number of likely N-dealkylation sites (tertiary alicyclic amines) is 1. The maximum Gasteiger partial charge on any atom is 0.243 e. The highest BCUT2D eigenvalue weighted by Crippen LogP contribution is 2.24. The number of aryl methyl sites for hydroxylation is 1. The minimum absolute atomic E-state index is 0.581. The van der Waals surface area contributed by atoms with Crippen LogP contribution in [0.15, 0.2) is 42.3 Å². The molecule has 98 valence electrons. The monoisotopic (exact) mass is 247 g/mol. The molecule has 1 aliphatic rings. The van der Waals surface area contributed by atoms with Gasteiger partial charge >= 0.3 is 0 Å². The summed E-state index contributed by atoms with van der Waals surface area (Å²) in [5.74, 6) is 0. The third kappa shape index (κ3) is 2.94. The molecular formula is C14H23N4+. The number of hydrogen-bond acceptors (Lipinski definition) is 2. The molecule has 2 rings (SSSR count). The SMILES string of the molecule is C/C(N)=C\C=C(/C)N1CCC(n2cc[n+](C)c2)C1. The Kier molecular flexibility index (Phi) is 3.75. The van der Waals surface area contributed by atoms with Crippen LogP contribution in [0.3, 0.4) is 0 Å². The van der Waals surface area contributed by atoms with Crippen molar-refractivity contribution in [3.05, 3.63) is 42.3 Å². The first-order valence-electron chi connectivity index (χ1n) is 6.44. The summed E-state index contributed by atoms with van der Waals surface area (Å²) in [4.78, 5) is 2.42. The molecule has 4 heteroatoms. The molecule has 1 unspecified atom stereocenters. The van der Waals surface area contributed by atoms with Gasteiger partial charge < -0.3 is 10.6 Å². The lowest BCUT2D eigenvalue weighted by Gasteiger charge is -2.17. The average Bonchev–Trinajstić information content (AvgIpc) is 2.93. The van der Waals surface area contributed by atoms with E-state index in [4.69, 9.17) is 5.73 Å². The van der Waals surface area contributed by atoms with Crippen LogP contribution in [-0.4, -0.2) is 22.6 Å². The Bertz CT molecular complexity index is 466. The molecule has 0 amide bonds. The second-order valence-corrected chi connectivity index (χ2v) is 5.13. The van der Waals surface area contributed by atoms with Gasteiger partial charge in [0.1, 0.15) is 18.4 Å². The number of rotatable bonds is 3. The fourth-order valence-corrected chi connectivity index (χ4v) is 2.35. The van der Waals surface area contributed by atoms with Crippen molar-refractivity contribution in [1.29, 1.82) is 0 Å². The second kappa shape index (κ2) is 5.29. The van der Waals surface area contributed by atoms with Crippen molar-refractivity contribution in [2.45, 2.75) is 26.3 Å². The van der Waals surface area contributed by atoms with E-state index < -0.39 is 0 Å². The van der Waals surface area contributed by atoms with Gasteiger partial charge in [0.2, 0.25) is 6.33 Å². The van der Waals surface area contributed by atoms with Gasteiger partial charge in [-0.25, -0.2) is 9.13 Å². The van der Waals surface area contributed by atoms with Crippen LogP contribution in [0.25, 0.3) is 0 Å². The van der Waals surface area contributed by atoms with Gasteiger partial charge in [0, 0.05) is 24.4 Å². The smallest absolute Gasteiger partial charge is 0.243 e. The standard InChI is InChI=1S/C14H23N4/c1-12(15)4-5-13(2)17-7-6-14(10-17)18-9-8-16(3)11-18/h4-5,8-9,11,14H,6-7,10,15H2,1-3H3/q+1/b12-4+,13-5+. The van der Waals surface area contributed by atoms with E-state index in [1.54, 1.807) is 0 Å². The predicted octanol–water partition coefficient (Wildman–Crippen LogP) is 1.33. The molecule has 1 fully saturated rings. The van der Waals surface area contributed by atoms with E-state index in [-0.39, 0.29) is 0 Å². The van der Waals surface area contributed by atoms with Crippen LogP contribution < -0.4 is 10.3 Å². The molecule has 2 heterocycles. The fraction of sp³-hybridized carbons (Fsp3) is 0.500. The van der Waals surface area contributed by atoms with E-state index in [9.17, 15) is 0 Å². The Morgan fingerprint density at radius 1 is 1.39 bits per heavy atom. The van der Waals surface area contributed by atoms with Gasteiger partial charge in [-0.05, 0) is 26.0 Å². The number of hydrogen-bond donors (Lipinski definition) is 1. The normalized spacial score (nSPS) is 21.7. The minimum Gasteiger partial charge on any atom is -0.402 e. The predicted molar refractivity (Wildman–Crippen MR) is 72.5 cm³/mol. The fourth-order valence-electron chi connectivity index (χ4n) is 2.35. The summed E-state index contributed by atoms with van der Waals surface area (Å²) < 4.78 is 4.39. The molecule has 0 spiro atoms. The van der Waals surface area contributed by atoms with E-state index in [1.165, 1.54) is 12.1 Å². The van der Waals surface area contributed by atoms with Crippen molar-refractivity contribution < 1.29 is 4.57 Å². The molecule has 1 atom stereocenters. The summed E-state index contributed by atoms with van der Waals surface area (Å²) in [5.41, 5.74) is 7.79. The summed E-state index contributed by atoms with van der Waals surface area (Å²) in [5, 5.41) is 0. The molecule has 0 bridgehead atoms. The van der Waals surface area contributed by atoms with Crippen molar-refractivity contribution in [2.75, 3.05) is 13.1 Å². The highest BCUT2D eigenvalue weighted by atomic mass is 15.2. The van der Waals surface area contributed by atoms with Crippen molar-refractivity contribution >= 4 is 0 Å². The zero-order valence-corrected chi connectivity index (χ0v) is 11.5. The van der Waals surface area contributed by atoms with Gasteiger partial charge in [-0.1, -0.05) is 0 Å². The number of aromatic nitrogens is 2. The molecule has 0 saturated carbocycles. The third-order valence-corrected chi connectivity index (χ3v) is 3.46. The highest BCUT2D eigenvalue weighted by Gasteiger charge is 2.27. The summed E-state index contributed by atoms with van der Waals surface area (Å²) >= 11 is 0. The Balaban J connectivity index is 2.00. The summed E-state index contributed by atoms with van der Waals surface area (Å²) in [6.45, 7) is 6.26. The van der Waals surface area contributed by atoms with E-state index >= 15 is 0 Å². The number of imidazole rings is 1. The maximum absolute atomic E-state index is 5.65. The highest BCUT2D eigenvalue weighted by molar-refractivity contribution is 5.14. The van der Waals surface area contributed by atoms with E-state index in [0.717, 1.165) is 18.8 Å². The van der Waals surface area contributed by atoms with E-state index in [0.29, 0.717) is 6.04 Å². The molecule has 1 aromatic rings. The van der Waals surface area contributed by atoms with Crippen LogP contribution in [0.5, 0.6) is 0 Å². The van der Waals surface area contributed by atoms with Crippen molar-refractivity contribution in [3.63, 3.8) is 0 Å². The van der Waals surface area contributed by atoms with Crippen molar-refractivity contribution in [3.8, 4) is 0 Å². The molecule has 0 aromatic carbocycles. The Hall–Kier alpha value is -1.71. The van der Waals surface area contributed by atoms with Gasteiger partial charge in [0.15, 0.2) is 0 Å². The molecule has 1 aliphatic heterocycles. The van der Waals surface area contributed by atoms with Crippen LogP contribution in [0.2, 0.25) is 0 Å². The quantitative estimate of drug-likeness (QED) is 0.646. The molecule has 0 radical (unpaired) electrons. The zero-order chi connectivity index (χ0) is 13.1. The molecule has 2 N–H and O–H groups in total. The summed E-state index contributed by atoms with van der Waals surface area (Å²) in [6, 6.07) is 0.581. The average molecular weight is 247 g/mol. The summed E-state index contributed by atoms with van der Waals surface area (Å²) in [7, 11) is 2.06. The van der Waals surface area contributed by atoms with E-state index in [2.05, 4.69) is 52.8 Å². The lowest BCUT2D eigenvalue weighted by atomic mass is 10.3. The first kappa shape index (κ1) is 12.7. The maximum atomic E-state index is 5.65. The van der Waals surface area contributed by atoms with E-state index in [1.807, 2.05) is 13.0 Å². The number of nitrogens with zero attached hydrogens (tertiary/aromatic N) is 3. The number of allylic oxidation sites excluding steroid dienone is 4. The first-order valence-corrected chi connectivity index (χ1v) is 6.44. The molecule has 1 aromatic heterocycles. The third-order valence-electron chi connectivity index (χ3n) is 3.46. The second-order valence-electron chi connectivity index (χ2n) is 5.13. The Morgan fingerprint density at radius 3 is 2.78 bits per heavy atom. The van der Waals surface area contributed by atoms with Gasteiger partial charge in [-0.2, -0.15) is 0 Å². The van der Waals surface area contributed by atoms with Crippen molar-refractivity contribution in [1.82, 2.24) is 9.47 Å². The largest absolute Gasteiger partial charge is 0.402 e. The van der Waals surface area contributed by atoms with Gasteiger partial charge in [-0.3, -0.25) is 0 Å². The molecule has 1 saturated heterocycles. The first-order chi connectivity index (χ1) is 8.56. The van der Waals surface area contributed by atoms with Crippen LogP contribution in [0.4, 0.5) is 0 Å². The zero-order valence-electron chi connectivity index (χ0n) is 11.5. The van der Waals surface area contributed by atoms with Crippen LogP contribution in [-0.2, 0) is 7.05 Å². The Labute approximate surface area is 109 Å². The van der Waals surface area contributed by atoms with Crippen LogP contribution >= 0.6 is 0 Å². The van der Waals surface area contributed by atoms with Gasteiger partial charge in [0.25, 0.3) is 0 Å². The molecular weight excluding hydrogens is 224 g/mol. The Morgan fingerprint density at radius 2 is 2.17 bits per heavy atom. The van der Waals surface area contributed by atoms with Crippen molar-refractivity contribution in [2.24, 2.45) is 12.8 Å². The van der Waals surface area contributed by atoms with Gasteiger partial charge in [-0.15, -0.1) is 0 Å². The molecule has 18 heavy (non-hydrogen) atoms. The molecule has 0 aliphatic carbocycles. The minimum atomic E-state index is 0.581. The lowest BCUT2D eigenvalue weighted by molar-refractivity contribution is -0.671. The molecule has 4 nitrogen and oxygen atoms in total. The van der Waals surface area contributed by atoms with Crippen LogP contribution in [0.1, 0.15) is 26.3 Å². The lowest BCUT2D eigenvalue weighted by Crippen LogP contribution is -2.25.